The second-order valence-electron chi connectivity index (χ2n) is 5.53. The molecule has 1 aromatic rings. The van der Waals surface area contributed by atoms with Crippen LogP contribution in [0.2, 0.25) is 0 Å². The van der Waals surface area contributed by atoms with Crippen molar-refractivity contribution in [1.82, 2.24) is 10.2 Å². The number of nitrogens with zero attached hydrogens (tertiary/aromatic N) is 2. The van der Waals surface area contributed by atoms with Gasteiger partial charge in [0.25, 0.3) is 5.69 Å². The van der Waals surface area contributed by atoms with E-state index in [-0.39, 0.29) is 41.3 Å². The van der Waals surface area contributed by atoms with E-state index in [1.807, 2.05) is 11.8 Å². The van der Waals surface area contributed by atoms with Gasteiger partial charge in [0.2, 0.25) is 5.91 Å². The molecule has 2 rings (SSSR count). The van der Waals surface area contributed by atoms with Crippen molar-refractivity contribution in [2.24, 2.45) is 0 Å². The van der Waals surface area contributed by atoms with Crippen LogP contribution in [-0.2, 0) is 4.79 Å². The zero-order chi connectivity index (χ0) is 16.3. The largest absolute Gasteiger partial charge is 0.336 e. The molecule has 1 fully saturated rings. The monoisotopic (exact) mass is 359 g/mol. The summed E-state index contributed by atoms with van der Waals surface area (Å²) in [6, 6.07) is 6.77. The van der Waals surface area contributed by atoms with E-state index in [1.54, 1.807) is 12.1 Å². The molecule has 1 amide bonds. The van der Waals surface area contributed by atoms with Crippen LogP contribution in [0, 0.1) is 10.1 Å². The van der Waals surface area contributed by atoms with Crippen molar-refractivity contribution in [2.45, 2.75) is 43.0 Å². The van der Waals surface area contributed by atoms with Crippen molar-refractivity contribution in [3.05, 3.63) is 34.4 Å². The van der Waals surface area contributed by atoms with Gasteiger partial charge in [-0.05, 0) is 32.9 Å². The Bertz CT molecular complexity index is 555. The van der Waals surface area contributed by atoms with Crippen molar-refractivity contribution in [3.8, 4) is 0 Å². The molecule has 1 saturated heterocycles. The average molecular weight is 360 g/mol. The molecule has 0 radical (unpaired) electrons. The van der Waals surface area contributed by atoms with Gasteiger partial charge in [0.05, 0.1) is 10.2 Å². The molecule has 1 heterocycles. The van der Waals surface area contributed by atoms with Crippen LogP contribution in [0.25, 0.3) is 0 Å². The number of nitro groups is 1. The second-order valence-corrected chi connectivity index (χ2v) is 6.94. The number of non-ortho nitro benzene ring substituents is 1. The predicted molar refractivity (Wildman–Crippen MR) is 94.3 cm³/mol. The summed E-state index contributed by atoms with van der Waals surface area (Å²) < 4.78 is 0. The summed E-state index contributed by atoms with van der Waals surface area (Å²) in [6.07, 6.45) is 0. The number of nitrogens with one attached hydrogen (secondary N) is 1. The van der Waals surface area contributed by atoms with Crippen molar-refractivity contribution >= 4 is 35.8 Å². The molecular formula is C15H22ClN3O3S. The zero-order valence-corrected chi connectivity index (χ0v) is 15.0. The minimum atomic E-state index is -0.424. The van der Waals surface area contributed by atoms with Crippen molar-refractivity contribution in [2.75, 3.05) is 13.1 Å². The molecule has 1 aliphatic heterocycles. The van der Waals surface area contributed by atoms with Crippen molar-refractivity contribution in [1.29, 1.82) is 0 Å². The molecule has 0 saturated carbocycles. The number of carbonyl (C=O) groups excluding carboxylic acids is 1. The summed E-state index contributed by atoms with van der Waals surface area (Å²) in [5.41, 5.74) is 0.0629. The van der Waals surface area contributed by atoms with Crippen LogP contribution >= 0.6 is 24.2 Å². The highest BCUT2D eigenvalue weighted by Crippen LogP contribution is 2.27. The van der Waals surface area contributed by atoms with E-state index in [1.165, 1.54) is 23.9 Å². The molecule has 3 unspecified atom stereocenters. The number of amides is 1. The highest BCUT2D eigenvalue weighted by atomic mass is 35.5. The fourth-order valence-corrected chi connectivity index (χ4v) is 3.44. The number of piperazine rings is 1. The SMILES string of the molecule is CC(Sc1ccc([N+](=O)[O-])cc1)C(=O)N1CCNC(C)C1C.Cl. The van der Waals surface area contributed by atoms with E-state index in [0.29, 0.717) is 0 Å². The van der Waals surface area contributed by atoms with E-state index in [2.05, 4.69) is 19.2 Å². The Kier molecular flexibility index (Phi) is 7.31. The van der Waals surface area contributed by atoms with Crippen LogP contribution in [0.1, 0.15) is 20.8 Å². The second kappa shape index (κ2) is 8.52. The van der Waals surface area contributed by atoms with E-state index in [9.17, 15) is 14.9 Å². The van der Waals surface area contributed by atoms with Gasteiger partial charge < -0.3 is 10.2 Å². The first-order valence-electron chi connectivity index (χ1n) is 7.35. The molecule has 8 heteroatoms. The van der Waals surface area contributed by atoms with Crippen LogP contribution in [0.15, 0.2) is 29.2 Å². The van der Waals surface area contributed by atoms with Gasteiger partial charge in [-0.25, -0.2) is 0 Å². The number of rotatable bonds is 4. The lowest BCUT2D eigenvalue weighted by Gasteiger charge is -2.39. The van der Waals surface area contributed by atoms with Gasteiger partial charge in [-0.2, -0.15) is 0 Å². The van der Waals surface area contributed by atoms with Gasteiger partial charge >= 0.3 is 0 Å². The fourth-order valence-electron chi connectivity index (χ4n) is 2.50. The number of thioether (sulfide) groups is 1. The minimum Gasteiger partial charge on any atom is -0.336 e. The lowest BCUT2D eigenvalue weighted by molar-refractivity contribution is -0.384. The number of hydrogen-bond donors (Lipinski definition) is 1. The fraction of sp³-hybridized carbons (Fsp3) is 0.533. The van der Waals surface area contributed by atoms with Crippen LogP contribution < -0.4 is 5.32 Å². The Balaban J connectivity index is 0.00000264. The molecule has 0 spiro atoms. The summed E-state index contributed by atoms with van der Waals surface area (Å²) in [5, 5.41) is 13.8. The number of benzene rings is 1. The van der Waals surface area contributed by atoms with E-state index < -0.39 is 4.92 Å². The Hall–Kier alpha value is -1.31. The molecule has 1 N–H and O–H groups in total. The van der Waals surface area contributed by atoms with Crippen LogP contribution in [0.3, 0.4) is 0 Å². The smallest absolute Gasteiger partial charge is 0.269 e. The van der Waals surface area contributed by atoms with Gasteiger partial charge in [0.1, 0.15) is 0 Å². The maximum absolute atomic E-state index is 12.6. The van der Waals surface area contributed by atoms with E-state index in [4.69, 9.17) is 0 Å². The van der Waals surface area contributed by atoms with Crippen LogP contribution in [-0.4, -0.2) is 46.2 Å². The number of halogens is 1. The van der Waals surface area contributed by atoms with Gasteiger partial charge in [0, 0.05) is 42.2 Å². The van der Waals surface area contributed by atoms with E-state index in [0.717, 1.165) is 18.0 Å². The Labute approximate surface area is 146 Å². The first-order chi connectivity index (χ1) is 10.4. The van der Waals surface area contributed by atoms with Crippen LogP contribution in [0.5, 0.6) is 0 Å². The standard InChI is InChI=1S/C15H21N3O3S.ClH/c1-10-11(2)17(9-8-16-10)15(19)12(3)22-14-6-4-13(5-7-14)18(20)21;/h4-7,10-12,16H,8-9H2,1-3H3;1H. The molecule has 23 heavy (non-hydrogen) atoms. The zero-order valence-electron chi connectivity index (χ0n) is 13.4. The first-order valence-corrected chi connectivity index (χ1v) is 8.23. The highest BCUT2D eigenvalue weighted by Gasteiger charge is 2.31. The quantitative estimate of drug-likeness (QED) is 0.508. The molecular weight excluding hydrogens is 338 g/mol. The summed E-state index contributed by atoms with van der Waals surface area (Å²) >= 11 is 1.43. The van der Waals surface area contributed by atoms with Crippen molar-refractivity contribution < 1.29 is 9.72 Å². The maximum Gasteiger partial charge on any atom is 0.269 e. The molecule has 3 atom stereocenters. The summed E-state index contributed by atoms with van der Waals surface area (Å²) in [5.74, 6) is 0.115. The molecule has 1 aromatic carbocycles. The average Bonchev–Trinajstić information content (AvgIpc) is 2.50. The van der Waals surface area contributed by atoms with Gasteiger partial charge in [0.15, 0.2) is 0 Å². The first kappa shape index (κ1) is 19.7. The predicted octanol–water partition coefficient (Wildman–Crippen LogP) is 2.71. The Morgan fingerprint density at radius 2 is 2.00 bits per heavy atom. The summed E-state index contributed by atoms with van der Waals surface area (Å²) in [4.78, 5) is 25.6. The Morgan fingerprint density at radius 1 is 1.39 bits per heavy atom. The van der Waals surface area contributed by atoms with Gasteiger partial charge in [-0.15, -0.1) is 24.2 Å². The number of hydrogen-bond acceptors (Lipinski definition) is 5. The highest BCUT2D eigenvalue weighted by molar-refractivity contribution is 8.00. The molecule has 0 bridgehead atoms. The topological polar surface area (TPSA) is 75.5 Å². The van der Waals surface area contributed by atoms with E-state index >= 15 is 0 Å². The lowest BCUT2D eigenvalue weighted by atomic mass is 10.1. The van der Waals surface area contributed by atoms with Gasteiger partial charge in [-0.1, -0.05) is 0 Å². The summed E-state index contributed by atoms with van der Waals surface area (Å²) in [7, 11) is 0. The number of carbonyl (C=O) groups is 1. The minimum absolute atomic E-state index is 0. The summed E-state index contributed by atoms with van der Waals surface area (Å²) in [6.45, 7) is 7.55. The van der Waals surface area contributed by atoms with Crippen molar-refractivity contribution in [3.63, 3.8) is 0 Å². The third-order valence-corrected chi connectivity index (χ3v) is 5.13. The third kappa shape index (κ3) is 4.83. The molecule has 0 aliphatic carbocycles. The molecule has 6 nitrogen and oxygen atoms in total. The maximum atomic E-state index is 12.6. The van der Waals surface area contributed by atoms with Gasteiger partial charge in [-0.3, -0.25) is 14.9 Å². The molecule has 128 valence electrons. The number of nitro benzene ring substituents is 1. The Morgan fingerprint density at radius 3 is 2.57 bits per heavy atom. The third-order valence-electron chi connectivity index (χ3n) is 4.03. The molecule has 1 aliphatic rings. The van der Waals surface area contributed by atoms with Crippen LogP contribution in [0.4, 0.5) is 5.69 Å². The lowest BCUT2D eigenvalue weighted by Crippen LogP contribution is -2.58. The normalized spacial score (nSPS) is 22.1. The molecule has 0 aromatic heterocycles.